The summed E-state index contributed by atoms with van der Waals surface area (Å²) in [4.78, 5) is 14.1. The van der Waals surface area contributed by atoms with Gasteiger partial charge in [-0.15, -0.1) is 0 Å². The van der Waals surface area contributed by atoms with E-state index in [9.17, 15) is 4.79 Å². The number of piperazine rings is 1. The van der Waals surface area contributed by atoms with Gasteiger partial charge in [-0.1, -0.05) is 11.6 Å². The van der Waals surface area contributed by atoms with Gasteiger partial charge in [0.25, 0.3) is 0 Å². The number of rotatable bonds is 2. The Hall–Kier alpha value is -1.33. The lowest BCUT2D eigenvalue weighted by Gasteiger charge is -2.35. The van der Waals surface area contributed by atoms with Crippen LogP contribution in [-0.4, -0.2) is 45.8 Å². The minimum Gasteiger partial charge on any atom is -0.336 e. The Balaban J connectivity index is 2.09. The van der Waals surface area contributed by atoms with Crippen molar-refractivity contribution in [1.29, 1.82) is 0 Å². The molecule has 5 nitrogen and oxygen atoms in total. The first kappa shape index (κ1) is 15.1. The Bertz CT molecular complexity index is 528. The van der Waals surface area contributed by atoms with Crippen molar-refractivity contribution in [3.8, 4) is 0 Å². The monoisotopic (exact) mass is 296 g/mol. The van der Waals surface area contributed by atoms with Crippen molar-refractivity contribution in [2.75, 3.05) is 13.1 Å². The predicted octanol–water partition coefficient (Wildman–Crippen LogP) is 1.60. The van der Waals surface area contributed by atoms with Crippen LogP contribution in [0.3, 0.4) is 0 Å². The largest absolute Gasteiger partial charge is 0.336 e. The van der Waals surface area contributed by atoms with Crippen molar-refractivity contribution in [2.24, 2.45) is 7.05 Å². The number of nitrogens with one attached hydrogen (secondary N) is 1. The molecule has 20 heavy (non-hydrogen) atoms. The second-order valence-corrected chi connectivity index (χ2v) is 5.82. The zero-order chi connectivity index (χ0) is 14.9. The van der Waals surface area contributed by atoms with E-state index in [0.717, 1.165) is 24.3 Å². The van der Waals surface area contributed by atoms with Crippen LogP contribution in [0.1, 0.15) is 25.1 Å². The fraction of sp³-hybridized carbons (Fsp3) is 0.571. The van der Waals surface area contributed by atoms with Gasteiger partial charge in [-0.2, -0.15) is 5.10 Å². The molecule has 0 spiro atoms. The maximum absolute atomic E-state index is 12.2. The molecule has 0 radical (unpaired) electrons. The molecule has 2 heterocycles. The summed E-state index contributed by atoms with van der Waals surface area (Å²) in [6.45, 7) is 7.51. The van der Waals surface area contributed by atoms with Gasteiger partial charge in [0.15, 0.2) is 0 Å². The molecule has 110 valence electrons. The SMILES string of the molecule is Cc1nn(C)c(Cl)c1C=CC(=O)N1CC(C)NC(C)C1. The molecule has 1 N–H and O–H groups in total. The highest BCUT2D eigenvalue weighted by atomic mass is 35.5. The maximum atomic E-state index is 12.2. The molecule has 1 aliphatic rings. The number of nitrogens with zero attached hydrogens (tertiary/aromatic N) is 3. The van der Waals surface area contributed by atoms with Crippen LogP contribution in [0, 0.1) is 6.92 Å². The molecule has 1 aromatic heterocycles. The van der Waals surface area contributed by atoms with Gasteiger partial charge < -0.3 is 10.2 Å². The quantitative estimate of drug-likeness (QED) is 0.844. The molecule has 0 aliphatic carbocycles. The molecule has 1 saturated heterocycles. The molecule has 1 aromatic rings. The Morgan fingerprint density at radius 2 is 2.00 bits per heavy atom. The fourth-order valence-corrected chi connectivity index (χ4v) is 2.84. The van der Waals surface area contributed by atoms with Crippen LogP contribution in [0.4, 0.5) is 0 Å². The molecule has 2 unspecified atom stereocenters. The highest BCUT2D eigenvalue weighted by molar-refractivity contribution is 6.31. The van der Waals surface area contributed by atoms with Crippen molar-refractivity contribution in [3.63, 3.8) is 0 Å². The molecule has 0 aromatic carbocycles. The predicted molar refractivity (Wildman–Crippen MR) is 80.6 cm³/mol. The average molecular weight is 297 g/mol. The number of hydrogen-bond acceptors (Lipinski definition) is 3. The van der Waals surface area contributed by atoms with Crippen molar-refractivity contribution in [3.05, 3.63) is 22.5 Å². The third-order valence-electron chi connectivity index (χ3n) is 3.46. The number of carbonyl (C=O) groups excluding carboxylic acids is 1. The number of aryl methyl sites for hydroxylation is 2. The highest BCUT2D eigenvalue weighted by Gasteiger charge is 2.23. The van der Waals surface area contributed by atoms with Crippen LogP contribution >= 0.6 is 11.6 Å². The lowest BCUT2D eigenvalue weighted by atomic mass is 10.1. The zero-order valence-electron chi connectivity index (χ0n) is 12.4. The van der Waals surface area contributed by atoms with E-state index in [4.69, 9.17) is 11.6 Å². The minimum absolute atomic E-state index is 0.0181. The molecule has 0 saturated carbocycles. The summed E-state index contributed by atoms with van der Waals surface area (Å²) < 4.78 is 1.61. The van der Waals surface area contributed by atoms with Crippen molar-refractivity contribution in [1.82, 2.24) is 20.0 Å². The maximum Gasteiger partial charge on any atom is 0.246 e. The van der Waals surface area contributed by atoms with Crippen molar-refractivity contribution < 1.29 is 4.79 Å². The second kappa shape index (κ2) is 5.97. The van der Waals surface area contributed by atoms with Gasteiger partial charge in [0, 0.05) is 43.9 Å². The Kier molecular flexibility index (Phi) is 4.50. The average Bonchev–Trinajstić information content (AvgIpc) is 2.60. The van der Waals surface area contributed by atoms with E-state index >= 15 is 0 Å². The van der Waals surface area contributed by atoms with Crippen LogP contribution < -0.4 is 5.32 Å². The first-order valence-corrected chi connectivity index (χ1v) is 7.18. The first-order chi connectivity index (χ1) is 9.38. The Morgan fingerprint density at radius 3 is 2.50 bits per heavy atom. The van der Waals surface area contributed by atoms with E-state index in [1.54, 1.807) is 23.9 Å². The van der Waals surface area contributed by atoms with Gasteiger partial charge in [-0.05, 0) is 26.8 Å². The van der Waals surface area contributed by atoms with Crippen molar-refractivity contribution >= 4 is 23.6 Å². The van der Waals surface area contributed by atoms with E-state index in [2.05, 4.69) is 24.3 Å². The Labute approximate surface area is 124 Å². The third-order valence-corrected chi connectivity index (χ3v) is 3.91. The Morgan fingerprint density at radius 1 is 1.40 bits per heavy atom. The minimum atomic E-state index is 0.0181. The topological polar surface area (TPSA) is 50.2 Å². The lowest BCUT2D eigenvalue weighted by Crippen LogP contribution is -2.55. The molecule has 2 atom stereocenters. The van der Waals surface area contributed by atoms with Crippen LogP contribution in [0.5, 0.6) is 0 Å². The lowest BCUT2D eigenvalue weighted by molar-refractivity contribution is -0.127. The van der Waals surface area contributed by atoms with Gasteiger partial charge in [-0.25, -0.2) is 0 Å². The van der Waals surface area contributed by atoms with Crippen LogP contribution in [-0.2, 0) is 11.8 Å². The van der Waals surface area contributed by atoms with Gasteiger partial charge >= 0.3 is 0 Å². The molecule has 0 bridgehead atoms. The van der Waals surface area contributed by atoms with Gasteiger partial charge in [0.2, 0.25) is 5.91 Å². The molecule has 6 heteroatoms. The smallest absolute Gasteiger partial charge is 0.246 e. The molecule has 2 rings (SSSR count). The zero-order valence-corrected chi connectivity index (χ0v) is 13.1. The summed E-state index contributed by atoms with van der Waals surface area (Å²) in [5.41, 5.74) is 1.63. The number of amides is 1. The fourth-order valence-electron chi connectivity index (χ4n) is 2.60. The molecule has 1 aliphatic heterocycles. The standard InChI is InChI=1S/C14H21ClN4O/c1-9-7-19(8-10(2)16-9)13(20)6-5-12-11(3)17-18(4)14(12)15/h5-6,9-10,16H,7-8H2,1-4H3. The second-order valence-electron chi connectivity index (χ2n) is 5.46. The van der Waals surface area contributed by atoms with Gasteiger partial charge in [0.1, 0.15) is 5.15 Å². The van der Waals surface area contributed by atoms with Gasteiger partial charge in [-0.3, -0.25) is 9.48 Å². The summed E-state index contributed by atoms with van der Waals surface area (Å²) in [6, 6.07) is 0.639. The van der Waals surface area contributed by atoms with E-state index in [1.165, 1.54) is 0 Å². The molecule has 1 amide bonds. The van der Waals surface area contributed by atoms with Gasteiger partial charge in [0.05, 0.1) is 5.69 Å². The van der Waals surface area contributed by atoms with E-state index < -0.39 is 0 Å². The third kappa shape index (κ3) is 3.22. The molecular formula is C14H21ClN4O. The van der Waals surface area contributed by atoms with E-state index in [-0.39, 0.29) is 5.91 Å². The molecular weight excluding hydrogens is 276 g/mol. The molecule has 1 fully saturated rings. The number of carbonyl (C=O) groups is 1. The summed E-state index contributed by atoms with van der Waals surface area (Å²) in [5, 5.41) is 8.18. The summed E-state index contributed by atoms with van der Waals surface area (Å²) in [5.74, 6) is 0.0181. The number of hydrogen-bond donors (Lipinski definition) is 1. The van der Waals surface area contributed by atoms with Crippen LogP contribution in [0.15, 0.2) is 6.08 Å². The summed E-state index contributed by atoms with van der Waals surface area (Å²) in [6.07, 6.45) is 3.34. The number of halogens is 1. The van der Waals surface area contributed by atoms with Crippen molar-refractivity contribution in [2.45, 2.75) is 32.9 Å². The normalized spacial score (nSPS) is 23.6. The summed E-state index contributed by atoms with van der Waals surface area (Å²) in [7, 11) is 1.79. The van der Waals surface area contributed by atoms with E-state index in [0.29, 0.717) is 17.2 Å². The summed E-state index contributed by atoms with van der Waals surface area (Å²) >= 11 is 6.14. The number of aromatic nitrogens is 2. The van der Waals surface area contributed by atoms with E-state index in [1.807, 2.05) is 11.8 Å². The first-order valence-electron chi connectivity index (χ1n) is 6.80. The van der Waals surface area contributed by atoms with Crippen LogP contribution in [0.2, 0.25) is 5.15 Å². The van der Waals surface area contributed by atoms with Crippen LogP contribution in [0.25, 0.3) is 6.08 Å². The highest BCUT2D eigenvalue weighted by Crippen LogP contribution is 2.20.